The lowest BCUT2D eigenvalue weighted by molar-refractivity contribution is -0.155. The Morgan fingerprint density at radius 2 is 1.93 bits per heavy atom. The molecule has 2 amide bonds. The lowest BCUT2D eigenvalue weighted by atomic mass is 10.1. The Morgan fingerprint density at radius 3 is 2.36 bits per heavy atom. The first-order valence-corrected chi connectivity index (χ1v) is 4.58. The zero-order valence-corrected chi connectivity index (χ0v) is 9.14. The number of carbonyl (C=O) groups is 2. The maximum atomic E-state index is 11.2. The molecule has 0 radical (unpaired) electrons. The van der Waals surface area contributed by atoms with E-state index in [2.05, 4.69) is 10.6 Å². The second kappa shape index (κ2) is 5.47. The highest BCUT2D eigenvalue weighted by Gasteiger charge is 2.20. The van der Waals surface area contributed by atoms with Crippen LogP contribution < -0.4 is 10.6 Å². The summed E-state index contributed by atoms with van der Waals surface area (Å²) in [6, 6.07) is -0.392. The first-order chi connectivity index (χ1) is 6.41. The summed E-state index contributed by atoms with van der Waals surface area (Å²) in [5.74, 6) is -0.430. The van der Waals surface area contributed by atoms with E-state index in [1.54, 1.807) is 0 Å². The minimum atomic E-state index is -0.471. The van der Waals surface area contributed by atoms with Gasteiger partial charge in [0.2, 0.25) is 0 Å². The number of urea groups is 1. The van der Waals surface area contributed by atoms with Crippen LogP contribution in [0, 0.1) is 0 Å². The van der Waals surface area contributed by atoms with E-state index in [9.17, 15) is 9.59 Å². The molecule has 0 rings (SSSR count). The quantitative estimate of drug-likeness (QED) is 0.658. The van der Waals surface area contributed by atoms with Gasteiger partial charge in [0.1, 0.15) is 12.1 Å². The molecule has 14 heavy (non-hydrogen) atoms. The molecule has 2 N–H and O–H groups in total. The van der Waals surface area contributed by atoms with E-state index in [4.69, 9.17) is 4.74 Å². The highest BCUT2D eigenvalue weighted by Crippen LogP contribution is 2.12. The summed E-state index contributed by atoms with van der Waals surface area (Å²) in [4.78, 5) is 21.9. The van der Waals surface area contributed by atoms with Crippen molar-refractivity contribution in [1.29, 1.82) is 0 Å². The standard InChI is InChI=1S/C9H18N2O3/c1-5-9(2,3)14-7(12)6-11-8(13)10-4/h5-6H2,1-4H3,(H2,10,11,13). The van der Waals surface area contributed by atoms with Crippen LogP contribution in [0.25, 0.3) is 0 Å². The first kappa shape index (κ1) is 12.7. The van der Waals surface area contributed by atoms with Crippen molar-refractivity contribution in [3.63, 3.8) is 0 Å². The van der Waals surface area contributed by atoms with Crippen LogP contribution in [0.5, 0.6) is 0 Å². The molecule has 0 atom stereocenters. The fraction of sp³-hybridized carbons (Fsp3) is 0.778. The number of esters is 1. The van der Waals surface area contributed by atoms with Gasteiger partial charge in [-0.2, -0.15) is 0 Å². The van der Waals surface area contributed by atoms with Crippen molar-refractivity contribution >= 4 is 12.0 Å². The topological polar surface area (TPSA) is 67.4 Å². The molecule has 0 aliphatic rings. The number of ether oxygens (including phenoxy) is 1. The van der Waals surface area contributed by atoms with Crippen LogP contribution in [0.2, 0.25) is 0 Å². The molecule has 0 aliphatic heterocycles. The third kappa shape index (κ3) is 5.40. The Balaban J connectivity index is 3.82. The van der Waals surface area contributed by atoms with Crippen molar-refractivity contribution < 1.29 is 14.3 Å². The third-order valence-corrected chi connectivity index (χ3v) is 1.86. The van der Waals surface area contributed by atoms with Gasteiger partial charge in [-0.1, -0.05) is 6.92 Å². The van der Waals surface area contributed by atoms with E-state index in [1.807, 2.05) is 20.8 Å². The molecule has 5 heteroatoms. The van der Waals surface area contributed by atoms with Gasteiger partial charge in [-0.25, -0.2) is 4.79 Å². The van der Waals surface area contributed by atoms with Crippen LogP contribution in [0.3, 0.4) is 0 Å². The maximum Gasteiger partial charge on any atom is 0.326 e. The van der Waals surface area contributed by atoms with Crippen molar-refractivity contribution in [2.24, 2.45) is 0 Å². The first-order valence-electron chi connectivity index (χ1n) is 4.58. The average Bonchev–Trinajstić information content (AvgIpc) is 2.13. The number of hydrogen-bond donors (Lipinski definition) is 2. The fourth-order valence-electron chi connectivity index (χ4n) is 0.657. The van der Waals surface area contributed by atoms with E-state index in [0.717, 1.165) is 6.42 Å². The third-order valence-electron chi connectivity index (χ3n) is 1.86. The number of carbonyl (C=O) groups excluding carboxylic acids is 2. The van der Waals surface area contributed by atoms with Crippen LogP contribution in [0.15, 0.2) is 0 Å². The predicted octanol–water partition coefficient (Wildman–Crippen LogP) is 0.647. The van der Waals surface area contributed by atoms with Crippen LogP contribution in [0.1, 0.15) is 27.2 Å². The molecule has 0 spiro atoms. The summed E-state index contributed by atoms with van der Waals surface area (Å²) in [6.45, 7) is 5.47. The smallest absolute Gasteiger partial charge is 0.326 e. The van der Waals surface area contributed by atoms with E-state index in [0.29, 0.717) is 0 Å². The molecule has 0 heterocycles. The highest BCUT2D eigenvalue weighted by atomic mass is 16.6. The predicted molar refractivity (Wildman–Crippen MR) is 52.9 cm³/mol. The second-order valence-corrected chi connectivity index (χ2v) is 3.52. The van der Waals surface area contributed by atoms with Crippen LogP contribution >= 0.6 is 0 Å². The van der Waals surface area contributed by atoms with Gasteiger partial charge in [0.25, 0.3) is 0 Å². The summed E-state index contributed by atoms with van der Waals surface area (Å²) in [6.07, 6.45) is 0.735. The molecule has 0 aromatic heterocycles. The molecular weight excluding hydrogens is 184 g/mol. The summed E-state index contributed by atoms with van der Waals surface area (Å²) < 4.78 is 5.10. The summed E-state index contributed by atoms with van der Waals surface area (Å²) in [7, 11) is 1.48. The monoisotopic (exact) mass is 202 g/mol. The Morgan fingerprint density at radius 1 is 1.36 bits per heavy atom. The summed E-state index contributed by atoms with van der Waals surface area (Å²) in [5, 5.41) is 4.69. The zero-order valence-electron chi connectivity index (χ0n) is 9.14. The molecule has 0 unspecified atom stereocenters. The number of hydrogen-bond acceptors (Lipinski definition) is 3. The molecule has 5 nitrogen and oxygen atoms in total. The maximum absolute atomic E-state index is 11.2. The van der Waals surface area contributed by atoms with E-state index in [-0.39, 0.29) is 6.54 Å². The SMILES string of the molecule is CCC(C)(C)OC(=O)CNC(=O)NC. The van der Waals surface area contributed by atoms with E-state index in [1.165, 1.54) is 7.05 Å². The molecule has 0 aliphatic carbocycles. The Kier molecular flexibility index (Phi) is 4.97. The second-order valence-electron chi connectivity index (χ2n) is 3.52. The van der Waals surface area contributed by atoms with Gasteiger partial charge in [-0.3, -0.25) is 4.79 Å². The highest BCUT2D eigenvalue weighted by molar-refractivity contribution is 5.80. The van der Waals surface area contributed by atoms with Gasteiger partial charge in [0, 0.05) is 7.05 Å². The minimum absolute atomic E-state index is 0.108. The minimum Gasteiger partial charge on any atom is -0.458 e. The molecule has 0 saturated carbocycles. The molecule has 0 saturated heterocycles. The molecular formula is C9H18N2O3. The van der Waals surface area contributed by atoms with Crippen LogP contribution in [-0.2, 0) is 9.53 Å². The number of amides is 2. The molecule has 0 fully saturated rings. The molecule has 0 aromatic carbocycles. The van der Waals surface area contributed by atoms with Crippen molar-refractivity contribution in [3.05, 3.63) is 0 Å². The van der Waals surface area contributed by atoms with Crippen molar-refractivity contribution in [2.75, 3.05) is 13.6 Å². The van der Waals surface area contributed by atoms with E-state index < -0.39 is 17.6 Å². The van der Waals surface area contributed by atoms with E-state index >= 15 is 0 Å². The number of rotatable bonds is 4. The normalized spacial score (nSPS) is 10.6. The van der Waals surface area contributed by atoms with Crippen molar-refractivity contribution in [1.82, 2.24) is 10.6 Å². The Labute approximate surface area is 84.2 Å². The average molecular weight is 202 g/mol. The lowest BCUT2D eigenvalue weighted by Gasteiger charge is -2.23. The van der Waals surface area contributed by atoms with Crippen LogP contribution in [-0.4, -0.2) is 31.2 Å². The van der Waals surface area contributed by atoms with Gasteiger partial charge in [-0.15, -0.1) is 0 Å². The van der Waals surface area contributed by atoms with Gasteiger partial charge < -0.3 is 15.4 Å². The van der Waals surface area contributed by atoms with Gasteiger partial charge in [0.05, 0.1) is 0 Å². The summed E-state index contributed by atoms with van der Waals surface area (Å²) >= 11 is 0. The molecule has 0 aromatic rings. The van der Waals surface area contributed by atoms with Gasteiger partial charge >= 0.3 is 12.0 Å². The van der Waals surface area contributed by atoms with Crippen LogP contribution in [0.4, 0.5) is 4.79 Å². The van der Waals surface area contributed by atoms with Crippen molar-refractivity contribution in [2.45, 2.75) is 32.8 Å². The summed E-state index contributed by atoms with van der Waals surface area (Å²) in [5.41, 5.74) is -0.471. The Hall–Kier alpha value is -1.26. The Bertz CT molecular complexity index is 214. The van der Waals surface area contributed by atoms with Gasteiger partial charge in [-0.05, 0) is 20.3 Å². The fourth-order valence-corrected chi connectivity index (χ4v) is 0.657. The molecule has 82 valence electrons. The van der Waals surface area contributed by atoms with Crippen molar-refractivity contribution in [3.8, 4) is 0 Å². The molecule has 0 bridgehead atoms. The zero-order chi connectivity index (χ0) is 11.2. The van der Waals surface area contributed by atoms with Gasteiger partial charge in [0.15, 0.2) is 0 Å². The number of nitrogens with one attached hydrogen (secondary N) is 2. The lowest BCUT2D eigenvalue weighted by Crippen LogP contribution is -2.39. The largest absolute Gasteiger partial charge is 0.458 e.